The third-order valence-corrected chi connectivity index (χ3v) is 3.09. The zero-order valence-electron chi connectivity index (χ0n) is 8.84. The molecule has 17 heavy (non-hydrogen) atoms. The Balaban J connectivity index is 2.32. The van der Waals surface area contributed by atoms with Gasteiger partial charge >= 0.3 is 0 Å². The number of halogens is 1. The van der Waals surface area contributed by atoms with Crippen LogP contribution >= 0.6 is 28.6 Å². The van der Waals surface area contributed by atoms with E-state index in [1.807, 2.05) is 24.3 Å². The van der Waals surface area contributed by atoms with Crippen molar-refractivity contribution >= 4 is 40.5 Å². The summed E-state index contributed by atoms with van der Waals surface area (Å²) in [6.07, 6.45) is 1.62. The number of para-hydroxylation sites is 1. The van der Waals surface area contributed by atoms with E-state index in [1.165, 1.54) is 0 Å². The Morgan fingerprint density at radius 3 is 2.71 bits per heavy atom. The number of phenols is 1. The molecule has 0 heterocycles. The number of aliphatic imine (C=N–C) groups is 1. The van der Waals surface area contributed by atoms with E-state index in [0.29, 0.717) is 5.56 Å². The number of nitrogens with zero attached hydrogens (tertiary/aromatic N) is 1. The fourth-order valence-electron chi connectivity index (χ4n) is 1.34. The number of benzene rings is 2. The van der Waals surface area contributed by atoms with Crippen LogP contribution in [0.15, 0.2) is 56.8 Å². The summed E-state index contributed by atoms with van der Waals surface area (Å²) < 4.78 is 0.899. The Hall–Kier alpha value is -1.26. The number of aromatic hydroxyl groups is 1. The first kappa shape index (κ1) is 12.2. The molecule has 0 aliphatic carbocycles. The predicted molar refractivity (Wildman–Crippen MR) is 76.8 cm³/mol. The quantitative estimate of drug-likeness (QED) is 0.633. The van der Waals surface area contributed by atoms with Crippen LogP contribution in [0.3, 0.4) is 0 Å². The van der Waals surface area contributed by atoms with E-state index in [-0.39, 0.29) is 5.75 Å². The molecule has 0 unspecified atom stereocenters. The van der Waals surface area contributed by atoms with Gasteiger partial charge in [-0.3, -0.25) is 4.99 Å². The van der Waals surface area contributed by atoms with Gasteiger partial charge < -0.3 is 5.11 Å². The first-order chi connectivity index (χ1) is 8.16. The summed E-state index contributed by atoms with van der Waals surface area (Å²) in [7, 11) is 0. The Morgan fingerprint density at radius 1 is 1.18 bits per heavy atom. The van der Waals surface area contributed by atoms with Gasteiger partial charge in [0.1, 0.15) is 5.75 Å². The van der Waals surface area contributed by atoms with Gasteiger partial charge in [-0.05, 0) is 30.3 Å². The number of thiol groups is 1. The van der Waals surface area contributed by atoms with Gasteiger partial charge in [0.2, 0.25) is 0 Å². The topological polar surface area (TPSA) is 32.6 Å². The largest absolute Gasteiger partial charge is 0.507 e. The maximum Gasteiger partial charge on any atom is 0.124 e. The lowest BCUT2D eigenvalue weighted by Gasteiger charge is -2.00. The van der Waals surface area contributed by atoms with Crippen molar-refractivity contribution in [2.75, 3.05) is 0 Å². The van der Waals surface area contributed by atoms with Crippen LogP contribution in [0.5, 0.6) is 5.75 Å². The van der Waals surface area contributed by atoms with Crippen molar-refractivity contribution in [3.63, 3.8) is 0 Å². The average Bonchev–Trinajstić information content (AvgIpc) is 2.32. The third kappa shape index (κ3) is 3.11. The first-order valence-electron chi connectivity index (χ1n) is 4.97. The van der Waals surface area contributed by atoms with Gasteiger partial charge in [-0.1, -0.05) is 28.1 Å². The molecule has 4 heteroatoms. The number of phenolic OH excluding ortho intramolecular Hbond substituents is 1. The molecule has 0 saturated carbocycles. The van der Waals surface area contributed by atoms with Crippen molar-refractivity contribution in [3.8, 4) is 5.75 Å². The summed E-state index contributed by atoms with van der Waals surface area (Å²) in [6.45, 7) is 0. The van der Waals surface area contributed by atoms with Crippen molar-refractivity contribution in [2.24, 2.45) is 4.99 Å². The van der Waals surface area contributed by atoms with Gasteiger partial charge in [-0.25, -0.2) is 0 Å². The lowest BCUT2D eigenvalue weighted by atomic mass is 10.2. The second kappa shape index (κ2) is 5.38. The SMILES string of the molecule is Oc1ccc(Br)cc1C=Nc1ccccc1S. The molecule has 0 fully saturated rings. The molecule has 2 aromatic carbocycles. The Kier molecular flexibility index (Phi) is 3.86. The standard InChI is InChI=1S/C13H10BrNOS/c14-10-5-6-12(16)9(7-10)8-15-11-3-1-2-4-13(11)17/h1-8,16-17H. The van der Waals surface area contributed by atoms with Crippen molar-refractivity contribution in [1.29, 1.82) is 0 Å². The summed E-state index contributed by atoms with van der Waals surface area (Å²) >= 11 is 7.65. The van der Waals surface area contributed by atoms with E-state index in [9.17, 15) is 5.11 Å². The molecular weight excluding hydrogens is 298 g/mol. The molecule has 0 aliphatic rings. The molecule has 2 nitrogen and oxygen atoms in total. The van der Waals surface area contributed by atoms with E-state index in [1.54, 1.807) is 24.4 Å². The molecule has 86 valence electrons. The maximum absolute atomic E-state index is 9.65. The normalized spacial score (nSPS) is 10.9. The number of hydrogen-bond acceptors (Lipinski definition) is 3. The van der Waals surface area contributed by atoms with Gasteiger partial charge in [0.25, 0.3) is 0 Å². The summed E-state index contributed by atoms with van der Waals surface area (Å²) in [6, 6.07) is 12.7. The highest BCUT2D eigenvalue weighted by atomic mass is 79.9. The molecule has 1 N–H and O–H groups in total. The van der Waals surface area contributed by atoms with Gasteiger partial charge in [0.05, 0.1) is 5.69 Å². The van der Waals surface area contributed by atoms with Crippen LogP contribution in [0.4, 0.5) is 5.69 Å². The highest BCUT2D eigenvalue weighted by molar-refractivity contribution is 9.10. The second-order valence-electron chi connectivity index (χ2n) is 3.45. The molecule has 0 radical (unpaired) electrons. The summed E-state index contributed by atoms with van der Waals surface area (Å²) in [5.41, 5.74) is 1.44. The van der Waals surface area contributed by atoms with Crippen molar-refractivity contribution in [2.45, 2.75) is 4.90 Å². The van der Waals surface area contributed by atoms with Gasteiger partial charge in [0.15, 0.2) is 0 Å². The Bertz CT molecular complexity index is 569. The van der Waals surface area contributed by atoms with E-state index in [4.69, 9.17) is 0 Å². The van der Waals surface area contributed by atoms with Crippen LogP contribution in [-0.4, -0.2) is 11.3 Å². The lowest BCUT2D eigenvalue weighted by Crippen LogP contribution is -1.82. The van der Waals surface area contributed by atoms with E-state index in [2.05, 4.69) is 33.6 Å². The molecule has 0 bridgehead atoms. The molecule has 0 saturated heterocycles. The van der Waals surface area contributed by atoms with Gasteiger partial charge in [-0.2, -0.15) is 0 Å². The molecule has 2 aromatic rings. The summed E-state index contributed by atoms with van der Waals surface area (Å²) in [4.78, 5) is 5.10. The molecule has 2 rings (SSSR count). The highest BCUT2D eigenvalue weighted by Gasteiger charge is 1.99. The molecule has 0 spiro atoms. The zero-order valence-corrected chi connectivity index (χ0v) is 11.3. The van der Waals surface area contributed by atoms with Crippen LogP contribution in [-0.2, 0) is 0 Å². The van der Waals surface area contributed by atoms with E-state index >= 15 is 0 Å². The van der Waals surface area contributed by atoms with Crippen LogP contribution in [0.25, 0.3) is 0 Å². The fourth-order valence-corrected chi connectivity index (χ4v) is 1.94. The third-order valence-electron chi connectivity index (χ3n) is 2.21. The number of hydrogen-bond donors (Lipinski definition) is 2. The monoisotopic (exact) mass is 307 g/mol. The van der Waals surface area contributed by atoms with Gasteiger partial charge in [0, 0.05) is 21.1 Å². The first-order valence-corrected chi connectivity index (χ1v) is 6.21. The number of rotatable bonds is 2. The minimum Gasteiger partial charge on any atom is -0.507 e. The van der Waals surface area contributed by atoms with Crippen molar-refractivity contribution in [3.05, 3.63) is 52.5 Å². The van der Waals surface area contributed by atoms with Crippen LogP contribution in [0, 0.1) is 0 Å². The van der Waals surface area contributed by atoms with E-state index in [0.717, 1.165) is 15.1 Å². The highest BCUT2D eigenvalue weighted by Crippen LogP contribution is 2.24. The minimum absolute atomic E-state index is 0.202. The molecule has 0 aromatic heterocycles. The van der Waals surface area contributed by atoms with Crippen molar-refractivity contribution < 1.29 is 5.11 Å². The predicted octanol–water partition coefficient (Wildman–Crippen LogP) is 4.19. The molecule has 0 aliphatic heterocycles. The maximum atomic E-state index is 9.65. The van der Waals surface area contributed by atoms with Crippen LogP contribution in [0.1, 0.15) is 5.56 Å². The fraction of sp³-hybridized carbons (Fsp3) is 0. The molecule has 0 amide bonds. The lowest BCUT2D eigenvalue weighted by molar-refractivity contribution is 0.474. The van der Waals surface area contributed by atoms with E-state index < -0.39 is 0 Å². The van der Waals surface area contributed by atoms with Crippen LogP contribution < -0.4 is 0 Å². The molecular formula is C13H10BrNOS. The Morgan fingerprint density at radius 2 is 1.94 bits per heavy atom. The summed E-state index contributed by atoms with van der Waals surface area (Å²) in [5.74, 6) is 0.202. The minimum atomic E-state index is 0.202. The van der Waals surface area contributed by atoms with Crippen molar-refractivity contribution in [1.82, 2.24) is 0 Å². The average molecular weight is 308 g/mol. The summed E-state index contributed by atoms with van der Waals surface area (Å²) in [5, 5.41) is 9.65. The van der Waals surface area contributed by atoms with Gasteiger partial charge in [-0.15, -0.1) is 12.6 Å². The Labute approximate surface area is 114 Å². The second-order valence-corrected chi connectivity index (χ2v) is 4.85. The smallest absolute Gasteiger partial charge is 0.124 e. The molecule has 0 atom stereocenters. The van der Waals surface area contributed by atoms with Crippen LogP contribution in [0.2, 0.25) is 0 Å². The zero-order chi connectivity index (χ0) is 12.3.